The minimum Gasteiger partial charge on any atom is -0.394 e. The molecule has 0 aliphatic carbocycles. The molecule has 0 bridgehead atoms. The predicted molar refractivity (Wildman–Crippen MR) is 157 cm³/mol. The van der Waals surface area contributed by atoms with E-state index in [1.54, 1.807) is 12.1 Å². The zero-order valence-electron chi connectivity index (χ0n) is 23.7. The van der Waals surface area contributed by atoms with Crippen molar-refractivity contribution in [2.75, 3.05) is 47.9 Å². The van der Waals surface area contributed by atoms with Gasteiger partial charge in [-0.1, -0.05) is 18.2 Å². The summed E-state index contributed by atoms with van der Waals surface area (Å²) in [6.45, 7) is 7.35. The number of carbonyl (C=O) groups excluding carboxylic acids is 2. The first-order chi connectivity index (χ1) is 19.8. The van der Waals surface area contributed by atoms with Gasteiger partial charge in [-0.2, -0.15) is 10.4 Å². The summed E-state index contributed by atoms with van der Waals surface area (Å²) < 4.78 is 0. The zero-order chi connectivity index (χ0) is 29.1. The molecule has 2 amide bonds. The number of para-hydroxylation sites is 1. The maximum atomic E-state index is 13.9. The van der Waals surface area contributed by atoms with Gasteiger partial charge in [0.2, 0.25) is 5.91 Å². The number of hydrogen-bond acceptors (Lipinski definition) is 8. The molecule has 2 saturated heterocycles. The summed E-state index contributed by atoms with van der Waals surface area (Å²) in [4.78, 5) is 32.3. The highest BCUT2D eigenvalue weighted by Crippen LogP contribution is 2.32. The number of anilines is 3. The molecule has 2 fully saturated rings. The lowest BCUT2D eigenvalue weighted by Crippen LogP contribution is -2.59. The molecule has 0 unspecified atom stereocenters. The van der Waals surface area contributed by atoms with Gasteiger partial charge in [0.15, 0.2) is 5.82 Å². The molecule has 2 aliphatic heterocycles. The van der Waals surface area contributed by atoms with Gasteiger partial charge in [0.25, 0.3) is 5.91 Å². The molecule has 10 nitrogen and oxygen atoms in total. The third-order valence-electron chi connectivity index (χ3n) is 8.09. The van der Waals surface area contributed by atoms with Crippen LogP contribution in [0, 0.1) is 32.1 Å². The molecule has 3 heterocycles. The average molecular weight is 554 g/mol. The Morgan fingerprint density at radius 1 is 1.12 bits per heavy atom. The third-order valence-corrected chi connectivity index (χ3v) is 8.09. The summed E-state index contributed by atoms with van der Waals surface area (Å²) in [6.07, 6.45) is 3.31. The molecule has 1 atom stereocenters. The number of nitriles is 1. The van der Waals surface area contributed by atoms with Crippen LogP contribution in [0.2, 0.25) is 0 Å². The highest BCUT2D eigenvalue weighted by Gasteiger charge is 2.37. The molecule has 41 heavy (non-hydrogen) atoms. The number of aromatic nitrogens is 2. The summed E-state index contributed by atoms with van der Waals surface area (Å²) in [5, 5.41) is 31.2. The summed E-state index contributed by atoms with van der Waals surface area (Å²) in [5.74, 6) is -0.175. The van der Waals surface area contributed by atoms with Crippen molar-refractivity contribution < 1.29 is 14.7 Å². The largest absolute Gasteiger partial charge is 0.394 e. The van der Waals surface area contributed by atoms with Gasteiger partial charge in [-0.05, 0) is 74.6 Å². The van der Waals surface area contributed by atoms with E-state index in [2.05, 4.69) is 26.5 Å². The van der Waals surface area contributed by atoms with Gasteiger partial charge in [0, 0.05) is 43.1 Å². The van der Waals surface area contributed by atoms with E-state index in [1.807, 2.05) is 51.1 Å². The second kappa shape index (κ2) is 11.9. The first kappa shape index (κ1) is 28.1. The van der Waals surface area contributed by atoms with Crippen molar-refractivity contribution in [3.63, 3.8) is 0 Å². The van der Waals surface area contributed by atoms with E-state index in [9.17, 15) is 20.0 Å². The number of amides is 2. The number of aryl methyl sites for hydroxylation is 2. The Bertz CT molecular complexity index is 1480. The molecule has 0 saturated carbocycles. The number of benzene rings is 2. The highest BCUT2D eigenvalue weighted by molar-refractivity contribution is 6.04. The van der Waals surface area contributed by atoms with E-state index < -0.39 is 6.04 Å². The van der Waals surface area contributed by atoms with Crippen molar-refractivity contribution in [3.8, 4) is 6.07 Å². The van der Waals surface area contributed by atoms with Crippen molar-refractivity contribution in [2.45, 2.75) is 45.7 Å². The lowest BCUT2D eigenvalue weighted by molar-refractivity contribution is -0.122. The summed E-state index contributed by atoms with van der Waals surface area (Å²) in [7, 11) is 0. The van der Waals surface area contributed by atoms with Crippen LogP contribution in [-0.4, -0.2) is 76.9 Å². The smallest absolute Gasteiger partial charge is 0.255 e. The normalized spacial score (nSPS) is 17.9. The number of piperazine rings is 1. The number of aliphatic hydroxyl groups excluding tert-OH is 1. The lowest BCUT2D eigenvalue weighted by atomic mass is 9.94. The number of hydrogen-bond donors (Lipinski definition) is 2. The minimum atomic E-state index is -0.614. The molecule has 1 aromatic heterocycles. The fourth-order valence-corrected chi connectivity index (χ4v) is 6.08. The molecule has 3 aromatic rings. The molecular weight excluding hydrogens is 518 g/mol. The quantitative estimate of drug-likeness (QED) is 0.477. The van der Waals surface area contributed by atoms with Crippen LogP contribution in [0.15, 0.2) is 48.7 Å². The maximum Gasteiger partial charge on any atom is 0.255 e. The van der Waals surface area contributed by atoms with E-state index in [0.717, 1.165) is 54.0 Å². The second-order valence-corrected chi connectivity index (χ2v) is 10.8. The van der Waals surface area contributed by atoms with Gasteiger partial charge in [-0.25, -0.2) is 0 Å². The van der Waals surface area contributed by atoms with E-state index in [4.69, 9.17) is 0 Å². The number of aliphatic hydroxyl groups is 1. The lowest BCUT2D eigenvalue weighted by Gasteiger charge is -2.40. The SMILES string of the molecule is Cc1cc(C)c(C(=O)N2CC(=O)N(c3cccnn3)[C@H](CO)C2)c(C)c1NC1CCN(c2ccccc2C#N)CC1. The van der Waals surface area contributed by atoms with E-state index in [1.165, 1.54) is 16.0 Å². The second-order valence-electron chi connectivity index (χ2n) is 10.8. The Hall–Kier alpha value is -4.49. The van der Waals surface area contributed by atoms with Gasteiger partial charge < -0.3 is 20.2 Å². The summed E-state index contributed by atoms with van der Waals surface area (Å²) >= 11 is 0. The minimum absolute atomic E-state index is 0.107. The van der Waals surface area contributed by atoms with Crippen LogP contribution in [0.5, 0.6) is 0 Å². The van der Waals surface area contributed by atoms with Crippen molar-refractivity contribution in [1.29, 1.82) is 5.26 Å². The van der Waals surface area contributed by atoms with Crippen molar-refractivity contribution >= 4 is 29.0 Å². The molecule has 2 aliphatic rings. The van der Waals surface area contributed by atoms with Crippen LogP contribution in [0.3, 0.4) is 0 Å². The Kier molecular flexibility index (Phi) is 8.17. The van der Waals surface area contributed by atoms with E-state index >= 15 is 0 Å². The van der Waals surface area contributed by atoms with Crippen LogP contribution in [0.1, 0.15) is 45.5 Å². The number of rotatable bonds is 6. The van der Waals surface area contributed by atoms with Crippen LogP contribution in [0.4, 0.5) is 17.2 Å². The van der Waals surface area contributed by atoms with Crippen molar-refractivity contribution in [2.24, 2.45) is 0 Å². The first-order valence-corrected chi connectivity index (χ1v) is 13.9. The standard InChI is InChI=1S/C31H35N7O3/c1-20-15-21(2)30(34-24-10-13-36(14-11-24)26-8-5-4-7-23(26)16-32)22(3)29(20)31(41)37-17-25(19-39)38(28(40)18-37)27-9-6-12-33-35-27/h4-9,12,15,24-25,34,39H,10-11,13-14,17-19H2,1-3H3/t25-/m0/s1. The third kappa shape index (κ3) is 5.58. The number of nitrogens with one attached hydrogen (secondary N) is 1. The van der Waals surface area contributed by atoms with Gasteiger partial charge in [0.05, 0.1) is 23.9 Å². The maximum absolute atomic E-state index is 13.9. The molecule has 0 radical (unpaired) electrons. The topological polar surface area (TPSA) is 126 Å². The summed E-state index contributed by atoms with van der Waals surface area (Å²) in [6, 6.07) is 15.0. The van der Waals surface area contributed by atoms with Gasteiger partial charge in [-0.15, -0.1) is 5.10 Å². The molecule has 5 rings (SSSR count). The summed E-state index contributed by atoms with van der Waals surface area (Å²) in [5.41, 5.74) is 5.95. The molecular formula is C31H35N7O3. The first-order valence-electron chi connectivity index (χ1n) is 13.9. The Balaban J connectivity index is 1.32. The fraction of sp³-hybridized carbons (Fsp3) is 0.387. The van der Waals surface area contributed by atoms with Gasteiger partial charge >= 0.3 is 0 Å². The Morgan fingerprint density at radius 2 is 1.88 bits per heavy atom. The molecule has 2 aromatic carbocycles. The van der Waals surface area contributed by atoms with Crippen molar-refractivity contribution in [1.82, 2.24) is 15.1 Å². The zero-order valence-corrected chi connectivity index (χ0v) is 23.7. The average Bonchev–Trinajstić information content (AvgIpc) is 2.99. The van der Waals surface area contributed by atoms with Crippen LogP contribution >= 0.6 is 0 Å². The van der Waals surface area contributed by atoms with Crippen LogP contribution < -0.4 is 15.1 Å². The number of carbonyl (C=O) groups is 2. The Morgan fingerprint density at radius 3 is 2.56 bits per heavy atom. The Labute approximate surface area is 240 Å². The number of piperidine rings is 1. The van der Waals surface area contributed by atoms with Crippen LogP contribution in [-0.2, 0) is 4.79 Å². The van der Waals surface area contributed by atoms with Crippen molar-refractivity contribution in [3.05, 3.63) is 76.5 Å². The predicted octanol–water partition coefficient (Wildman–Crippen LogP) is 3.20. The fourth-order valence-electron chi connectivity index (χ4n) is 6.08. The molecule has 2 N–H and O–H groups in total. The van der Waals surface area contributed by atoms with Crippen LogP contribution in [0.25, 0.3) is 0 Å². The van der Waals surface area contributed by atoms with Gasteiger partial charge in [-0.3, -0.25) is 14.5 Å². The van der Waals surface area contributed by atoms with E-state index in [0.29, 0.717) is 16.9 Å². The van der Waals surface area contributed by atoms with Gasteiger partial charge in [0.1, 0.15) is 12.6 Å². The molecule has 10 heteroatoms. The molecule has 212 valence electrons. The van der Waals surface area contributed by atoms with E-state index in [-0.39, 0.29) is 37.6 Å². The monoisotopic (exact) mass is 553 g/mol. The highest BCUT2D eigenvalue weighted by atomic mass is 16.3. The molecule has 0 spiro atoms. The number of nitrogens with zero attached hydrogens (tertiary/aromatic N) is 6.